The van der Waals surface area contributed by atoms with Crippen LogP contribution in [0.4, 0.5) is 0 Å². The molecular formula is C12H23NaO6S. The van der Waals surface area contributed by atoms with Gasteiger partial charge >= 0.3 is 35.5 Å². The number of rotatable bonds is 10. The van der Waals surface area contributed by atoms with E-state index < -0.39 is 27.8 Å². The van der Waals surface area contributed by atoms with E-state index in [1.807, 2.05) is 6.92 Å². The predicted molar refractivity (Wildman–Crippen MR) is 77.4 cm³/mol. The van der Waals surface area contributed by atoms with Gasteiger partial charge in [-0.15, -0.1) is 0 Å². The Bertz CT molecular complexity index is 381. The zero-order valence-electron chi connectivity index (χ0n) is 11.4. The van der Waals surface area contributed by atoms with Crippen molar-refractivity contribution >= 4 is 51.9 Å². The van der Waals surface area contributed by atoms with Gasteiger partial charge in [0.05, 0.1) is 13.0 Å². The summed E-state index contributed by atoms with van der Waals surface area (Å²) in [5, 5.41) is -1.74. The van der Waals surface area contributed by atoms with Crippen LogP contribution in [0.5, 0.6) is 0 Å². The summed E-state index contributed by atoms with van der Waals surface area (Å²) < 4.78 is 35.1. The fourth-order valence-electron chi connectivity index (χ4n) is 1.56. The number of esters is 1. The third kappa shape index (κ3) is 9.88. The van der Waals surface area contributed by atoms with Crippen LogP contribution in [0.3, 0.4) is 0 Å². The number of unbranched alkanes of at least 4 members (excludes halogenated alkanes) is 1. The number of hydrogen-bond donors (Lipinski definition) is 1. The number of carbonyl (C=O) groups is 2. The summed E-state index contributed by atoms with van der Waals surface area (Å²) in [7, 11) is -4.54. The maximum absolute atomic E-state index is 11.4. The first-order chi connectivity index (χ1) is 8.85. The molecule has 0 radical (unpaired) electrons. The standard InChI is InChI=1S/C12H22O6S.Na.H/c1-3-5-6-10(4-2)9-18-12(14)7-11(8-13)19(15,16)17;;/h8,10-11H,3-7,9H2,1-2H3,(H,15,16,17);;. The van der Waals surface area contributed by atoms with Gasteiger partial charge in [0, 0.05) is 0 Å². The van der Waals surface area contributed by atoms with Crippen LogP contribution in [-0.2, 0) is 24.4 Å². The molecule has 0 aliphatic carbocycles. The summed E-state index contributed by atoms with van der Waals surface area (Å²) in [6.45, 7) is 4.27. The van der Waals surface area contributed by atoms with Gasteiger partial charge in [0.2, 0.25) is 0 Å². The Morgan fingerprint density at radius 3 is 2.35 bits per heavy atom. The van der Waals surface area contributed by atoms with E-state index >= 15 is 0 Å². The molecule has 6 nitrogen and oxygen atoms in total. The van der Waals surface area contributed by atoms with E-state index in [4.69, 9.17) is 9.29 Å². The molecule has 1 N–H and O–H groups in total. The van der Waals surface area contributed by atoms with Crippen molar-refractivity contribution in [2.45, 2.75) is 51.2 Å². The van der Waals surface area contributed by atoms with Crippen molar-refractivity contribution < 1.29 is 27.3 Å². The van der Waals surface area contributed by atoms with Gasteiger partial charge in [-0.1, -0.05) is 33.1 Å². The Hall–Kier alpha value is 0.0500. The van der Waals surface area contributed by atoms with Gasteiger partial charge in [-0.25, -0.2) is 0 Å². The number of hydrogen-bond acceptors (Lipinski definition) is 5. The van der Waals surface area contributed by atoms with Crippen LogP contribution in [0.1, 0.15) is 46.0 Å². The molecule has 0 heterocycles. The molecule has 0 aliphatic rings. The molecular weight excluding hydrogens is 295 g/mol. The van der Waals surface area contributed by atoms with Crippen LogP contribution < -0.4 is 0 Å². The van der Waals surface area contributed by atoms with E-state index in [0.717, 1.165) is 25.7 Å². The van der Waals surface area contributed by atoms with Crippen LogP contribution in [-0.4, -0.2) is 66.6 Å². The summed E-state index contributed by atoms with van der Waals surface area (Å²) in [5.41, 5.74) is 0. The molecule has 0 amide bonds. The Labute approximate surface area is 142 Å². The molecule has 0 saturated heterocycles. The molecule has 2 atom stereocenters. The van der Waals surface area contributed by atoms with Crippen molar-refractivity contribution in [1.82, 2.24) is 0 Å². The van der Waals surface area contributed by atoms with E-state index in [1.54, 1.807) is 0 Å². The molecule has 0 fully saturated rings. The molecule has 0 aliphatic heterocycles. The minimum absolute atomic E-state index is 0. The molecule has 8 heteroatoms. The van der Waals surface area contributed by atoms with E-state index in [0.29, 0.717) is 0 Å². The van der Waals surface area contributed by atoms with Gasteiger partial charge in [-0.2, -0.15) is 8.42 Å². The van der Waals surface area contributed by atoms with Gasteiger partial charge in [0.15, 0.2) is 5.25 Å². The normalized spacial score (nSPS) is 13.9. The number of aldehydes is 1. The third-order valence-electron chi connectivity index (χ3n) is 2.93. The van der Waals surface area contributed by atoms with Crippen molar-refractivity contribution in [2.24, 2.45) is 5.92 Å². The second kappa shape index (κ2) is 11.7. The fourth-order valence-corrected chi connectivity index (χ4v) is 2.04. The van der Waals surface area contributed by atoms with Gasteiger partial charge < -0.3 is 9.53 Å². The third-order valence-corrected chi connectivity index (χ3v) is 3.97. The minimum atomic E-state index is -4.54. The second-order valence-electron chi connectivity index (χ2n) is 4.49. The topological polar surface area (TPSA) is 97.7 Å². The van der Waals surface area contributed by atoms with Crippen molar-refractivity contribution in [3.8, 4) is 0 Å². The van der Waals surface area contributed by atoms with Crippen molar-refractivity contribution in [3.05, 3.63) is 0 Å². The van der Waals surface area contributed by atoms with E-state index in [2.05, 4.69) is 6.92 Å². The Morgan fingerprint density at radius 2 is 1.95 bits per heavy atom. The molecule has 114 valence electrons. The van der Waals surface area contributed by atoms with Crippen LogP contribution in [0.2, 0.25) is 0 Å². The van der Waals surface area contributed by atoms with E-state index in [9.17, 15) is 18.0 Å². The van der Waals surface area contributed by atoms with Crippen molar-refractivity contribution in [3.63, 3.8) is 0 Å². The van der Waals surface area contributed by atoms with Gasteiger partial charge in [-0.3, -0.25) is 9.35 Å². The molecule has 0 aromatic heterocycles. The number of ether oxygens (including phenoxy) is 1. The summed E-state index contributed by atoms with van der Waals surface area (Å²) in [6.07, 6.45) is 3.29. The Morgan fingerprint density at radius 1 is 1.35 bits per heavy atom. The zero-order valence-corrected chi connectivity index (χ0v) is 12.2. The first-order valence-corrected chi connectivity index (χ1v) is 7.92. The molecule has 20 heavy (non-hydrogen) atoms. The summed E-state index contributed by atoms with van der Waals surface area (Å²) in [6, 6.07) is 0. The zero-order chi connectivity index (χ0) is 14.9. The molecule has 0 saturated carbocycles. The van der Waals surface area contributed by atoms with Crippen LogP contribution in [0.25, 0.3) is 0 Å². The summed E-state index contributed by atoms with van der Waals surface area (Å²) >= 11 is 0. The monoisotopic (exact) mass is 318 g/mol. The average molecular weight is 318 g/mol. The SMILES string of the molecule is CCCCC(CC)COC(=O)CC(C=O)S(=O)(=O)O.[NaH]. The summed E-state index contributed by atoms with van der Waals surface area (Å²) in [5.74, 6) is -0.547. The quantitative estimate of drug-likeness (QED) is 0.279. The first-order valence-electron chi connectivity index (χ1n) is 6.42. The number of carbonyl (C=O) groups excluding carboxylic acids is 2. The van der Waals surface area contributed by atoms with Crippen LogP contribution >= 0.6 is 0 Å². The Balaban J connectivity index is 0. The molecule has 0 rings (SSSR count). The van der Waals surface area contributed by atoms with Gasteiger partial charge in [0.25, 0.3) is 10.1 Å². The van der Waals surface area contributed by atoms with Gasteiger partial charge in [0.1, 0.15) is 6.29 Å². The van der Waals surface area contributed by atoms with Crippen molar-refractivity contribution in [2.75, 3.05) is 6.61 Å². The maximum atomic E-state index is 11.4. The molecule has 0 aromatic carbocycles. The molecule has 0 bridgehead atoms. The Kier molecular flexibility index (Phi) is 13.0. The average Bonchev–Trinajstić information content (AvgIpc) is 2.34. The van der Waals surface area contributed by atoms with E-state index in [-0.39, 0.29) is 48.4 Å². The summed E-state index contributed by atoms with van der Waals surface area (Å²) in [4.78, 5) is 21.9. The van der Waals surface area contributed by atoms with Crippen LogP contribution in [0.15, 0.2) is 0 Å². The fraction of sp³-hybridized carbons (Fsp3) is 0.833. The molecule has 2 unspecified atom stereocenters. The van der Waals surface area contributed by atoms with Crippen LogP contribution in [0, 0.1) is 5.92 Å². The van der Waals surface area contributed by atoms with E-state index in [1.165, 1.54) is 0 Å². The molecule has 0 aromatic rings. The van der Waals surface area contributed by atoms with Gasteiger partial charge in [-0.05, 0) is 12.3 Å². The van der Waals surface area contributed by atoms with Crippen molar-refractivity contribution in [1.29, 1.82) is 0 Å². The molecule has 0 spiro atoms. The predicted octanol–water partition coefficient (Wildman–Crippen LogP) is 0.943. The first kappa shape index (κ1) is 22.3. The second-order valence-corrected chi connectivity index (χ2v) is 6.13.